The Morgan fingerprint density at radius 3 is 1.53 bits per heavy atom. The molecule has 1 fully saturated rings. The minimum absolute atomic E-state index is 0.650. The number of fused-ring (bicyclic) bond motifs is 1. The van der Waals surface area contributed by atoms with E-state index < -0.39 is 45.9 Å². The molecule has 0 aromatic carbocycles. The van der Waals surface area contributed by atoms with Crippen molar-refractivity contribution in [3.8, 4) is 0 Å². The average molecular weight is 538 g/mol. The van der Waals surface area contributed by atoms with Crippen LogP contribution in [0.4, 0.5) is 0 Å². The number of hydrogen-bond acceptors (Lipinski definition) is 1. The van der Waals surface area contributed by atoms with Crippen molar-refractivity contribution < 1.29 is 3.76 Å². The van der Waals surface area contributed by atoms with E-state index in [0.717, 1.165) is 13.9 Å². The first-order chi connectivity index (χ1) is 13.4. The van der Waals surface area contributed by atoms with E-state index in [1.165, 1.54) is 18.6 Å². The van der Waals surface area contributed by atoms with Gasteiger partial charge in [0.05, 0.1) is 0 Å². The summed E-state index contributed by atoms with van der Waals surface area (Å²) in [5.41, 5.74) is 1.64. The van der Waals surface area contributed by atoms with Gasteiger partial charge < -0.3 is 0 Å². The molecule has 0 aromatic heterocycles. The van der Waals surface area contributed by atoms with Crippen molar-refractivity contribution in [1.29, 1.82) is 0 Å². The molecule has 1 aliphatic heterocycles. The molecule has 6 heteroatoms. The predicted octanol–water partition coefficient (Wildman–Crippen LogP) is 8.37. The van der Waals surface area contributed by atoms with Crippen LogP contribution in [0.25, 0.3) is 0 Å². The predicted molar refractivity (Wildman–Crippen MR) is 150 cm³/mol. The van der Waals surface area contributed by atoms with Crippen LogP contribution in [-0.2, 0) is 3.76 Å². The third-order valence-corrected chi connectivity index (χ3v) is 64.0. The average Bonchev–Trinajstić information content (AvgIpc) is 3.27. The molecule has 1 nitrogen and oxygen atoms in total. The van der Waals surface area contributed by atoms with Gasteiger partial charge in [0.25, 0.3) is 0 Å². The standard InChI is InChI=1S/C24H48GeOSi4/c1-27(2,3)23(28(4,5)6)25(24(29(7,8)9)30(10,11)12)21-16-14-13-15-20(21)22(26-25)19-17-18-19/h13-16,19,21,23-24H,17-18H2,1-12H3. The molecule has 0 N–H and O–H groups in total. The molecule has 3 aliphatic rings. The van der Waals surface area contributed by atoms with Gasteiger partial charge in [-0.15, -0.1) is 0 Å². The summed E-state index contributed by atoms with van der Waals surface area (Å²) in [4.78, 5) is 0. The topological polar surface area (TPSA) is 9.23 Å². The van der Waals surface area contributed by atoms with Crippen LogP contribution in [0.15, 0.2) is 35.6 Å². The van der Waals surface area contributed by atoms with Crippen LogP contribution < -0.4 is 0 Å². The Hall–Kier alpha value is 0.430. The van der Waals surface area contributed by atoms with E-state index in [-0.39, 0.29) is 0 Å². The molecule has 30 heavy (non-hydrogen) atoms. The molecule has 3 rings (SSSR count). The second-order valence-electron chi connectivity index (χ2n) is 14.6. The molecule has 0 spiro atoms. The van der Waals surface area contributed by atoms with E-state index in [0.29, 0.717) is 4.75 Å². The maximum atomic E-state index is 7.85. The SMILES string of the molecule is C[Si](C)(C)[CH]([Si](C)(C)C)[Ge]1([CH]([Si](C)(C)C)[Si](C)(C)C)[O]C(C2CC2)=C2C=CC=C[CH]21. The number of rotatable bonds is 7. The van der Waals surface area contributed by atoms with Crippen molar-refractivity contribution in [1.82, 2.24) is 0 Å². The van der Waals surface area contributed by atoms with Gasteiger partial charge in [0.1, 0.15) is 0 Å². The van der Waals surface area contributed by atoms with Gasteiger partial charge in [0, 0.05) is 0 Å². The van der Waals surface area contributed by atoms with E-state index >= 15 is 0 Å². The maximum absolute atomic E-state index is 7.85. The van der Waals surface area contributed by atoms with Crippen LogP contribution in [0.3, 0.4) is 0 Å². The molecule has 170 valence electrons. The van der Waals surface area contributed by atoms with Gasteiger partial charge in [-0.05, 0) is 0 Å². The normalized spacial score (nSPS) is 24.7. The Labute approximate surface area is 194 Å². The number of allylic oxidation sites excluding steroid dienone is 6. The zero-order chi connectivity index (χ0) is 22.9. The third kappa shape index (κ3) is 4.44. The van der Waals surface area contributed by atoms with E-state index in [2.05, 4.69) is 103 Å². The first kappa shape index (κ1) is 25.1. The Kier molecular flexibility index (Phi) is 6.47. The summed E-state index contributed by atoms with van der Waals surface area (Å²) < 4.78 is 10.4. The van der Waals surface area contributed by atoms with Crippen molar-refractivity contribution in [2.45, 2.75) is 104 Å². The van der Waals surface area contributed by atoms with E-state index in [9.17, 15) is 0 Å². The molecule has 1 atom stereocenters. The summed E-state index contributed by atoms with van der Waals surface area (Å²) in [6.45, 7) is 32.3. The Bertz CT molecular complexity index is 707. The van der Waals surface area contributed by atoms with Crippen LogP contribution in [0.5, 0.6) is 0 Å². The zero-order valence-corrected chi connectivity index (χ0v) is 28.0. The first-order valence-electron chi connectivity index (χ1n) is 12.2. The van der Waals surface area contributed by atoms with Crippen LogP contribution in [0.1, 0.15) is 12.8 Å². The van der Waals surface area contributed by atoms with Gasteiger partial charge in [0.2, 0.25) is 0 Å². The molecule has 0 saturated heterocycles. The van der Waals surface area contributed by atoms with Crippen LogP contribution in [0, 0.1) is 5.92 Å². The van der Waals surface area contributed by atoms with Gasteiger partial charge in [-0.3, -0.25) is 0 Å². The molecule has 0 amide bonds. The summed E-state index contributed by atoms with van der Waals surface area (Å²) in [6.07, 6.45) is 12.5. The van der Waals surface area contributed by atoms with Crippen molar-refractivity contribution >= 4 is 45.9 Å². The van der Waals surface area contributed by atoms with Gasteiger partial charge in [0.15, 0.2) is 0 Å². The Morgan fingerprint density at radius 1 is 0.733 bits per heavy atom. The molecular weight excluding hydrogens is 489 g/mol. The van der Waals surface area contributed by atoms with Crippen molar-refractivity contribution in [2.24, 2.45) is 5.92 Å². The summed E-state index contributed by atoms with van der Waals surface area (Å²) in [5.74, 6) is 2.22. The molecule has 2 aliphatic carbocycles. The van der Waals surface area contributed by atoms with E-state index in [4.69, 9.17) is 3.76 Å². The van der Waals surface area contributed by atoms with Crippen LogP contribution in [0.2, 0.25) is 91.3 Å². The fraction of sp³-hybridized carbons (Fsp3) is 0.750. The van der Waals surface area contributed by atoms with Gasteiger partial charge in [-0.1, -0.05) is 0 Å². The minimum atomic E-state index is -2.89. The Morgan fingerprint density at radius 2 is 1.17 bits per heavy atom. The molecular formula is C24H48GeOSi4. The summed E-state index contributed by atoms with van der Waals surface area (Å²) in [7, 11) is -5.68. The number of hydrogen-bond donors (Lipinski definition) is 0. The van der Waals surface area contributed by atoms with Crippen LogP contribution >= 0.6 is 0 Å². The monoisotopic (exact) mass is 538 g/mol. The second-order valence-corrected chi connectivity index (χ2v) is 49.6. The van der Waals surface area contributed by atoms with Gasteiger partial charge in [-0.2, -0.15) is 0 Å². The second kappa shape index (κ2) is 7.74. The fourth-order valence-corrected chi connectivity index (χ4v) is 87.0. The molecule has 1 heterocycles. The van der Waals surface area contributed by atoms with Crippen LogP contribution in [-0.4, -0.2) is 45.9 Å². The van der Waals surface area contributed by atoms with E-state index in [1.807, 2.05) is 0 Å². The molecule has 0 bridgehead atoms. The van der Waals surface area contributed by atoms with Crippen molar-refractivity contribution in [3.05, 3.63) is 35.6 Å². The van der Waals surface area contributed by atoms with E-state index in [1.54, 1.807) is 5.57 Å². The zero-order valence-electron chi connectivity index (χ0n) is 21.9. The quantitative estimate of drug-likeness (QED) is 0.297. The molecule has 0 radical (unpaired) electrons. The fourth-order valence-electron chi connectivity index (χ4n) is 8.10. The third-order valence-electron chi connectivity index (χ3n) is 7.40. The summed E-state index contributed by atoms with van der Waals surface area (Å²) in [6, 6.07) is 0. The van der Waals surface area contributed by atoms with Crippen molar-refractivity contribution in [3.63, 3.8) is 0 Å². The Balaban J connectivity index is 2.36. The van der Waals surface area contributed by atoms with Gasteiger partial charge >= 0.3 is 195 Å². The molecule has 0 aromatic rings. The molecule has 1 unspecified atom stereocenters. The summed E-state index contributed by atoms with van der Waals surface area (Å²) in [5, 5.41) is 0. The summed E-state index contributed by atoms with van der Waals surface area (Å²) >= 11 is -2.89. The first-order valence-corrected chi connectivity index (χ1v) is 31.0. The van der Waals surface area contributed by atoms with Crippen molar-refractivity contribution in [2.75, 3.05) is 0 Å². The van der Waals surface area contributed by atoms with Gasteiger partial charge in [-0.25, -0.2) is 0 Å². The molecule has 1 saturated carbocycles.